The maximum Gasteiger partial charge on any atom is 0.240 e. The molecule has 1 amide bonds. The summed E-state index contributed by atoms with van der Waals surface area (Å²) in [7, 11) is 0. The fourth-order valence-corrected chi connectivity index (χ4v) is 1.92. The molecule has 88 valence electrons. The summed E-state index contributed by atoms with van der Waals surface area (Å²) in [5, 5.41) is 3.02. The minimum atomic E-state index is -0.543. The number of nitrogens with two attached hydrogens (primary N) is 1. The summed E-state index contributed by atoms with van der Waals surface area (Å²) >= 11 is 0. The first-order valence-electron chi connectivity index (χ1n) is 6.18. The zero-order chi connectivity index (χ0) is 11.3. The van der Waals surface area contributed by atoms with Gasteiger partial charge in [0.05, 0.1) is 5.54 Å². The van der Waals surface area contributed by atoms with Crippen LogP contribution in [0.15, 0.2) is 0 Å². The standard InChI is InChI=1S/C12H24N2O/c1-3-4-5-7-10(2)14-11(15)12(13)8-6-9-12/h10H,3-9,13H2,1-2H3,(H,14,15). The van der Waals surface area contributed by atoms with E-state index in [-0.39, 0.29) is 11.9 Å². The van der Waals surface area contributed by atoms with Gasteiger partial charge in [-0.1, -0.05) is 26.2 Å². The number of hydrogen-bond donors (Lipinski definition) is 2. The molecular weight excluding hydrogens is 188 g/mol. The Balaban J connectivity index is 2.19. The molecule has 0 heterocycles. The first-order valence-corrected chi connectivity index (χ1v) is 6.18. The number of carbonyl (C=O) groups is 1. The summed E-state index contributed by atoms with van der Waals surface area (Å²) in [5.74, 6) is 0.0535. The molecule has 0 aromatic heterocycles. The lowest BCUT2D eigenvalue weighted by Crippen LogP contribution is -2.59. The van der Waals surface area contributed by atoms with Crippen LogP contribution in [0.3, 0.4) is 0 Å². The van der Waals surface area contributed by atoms with Crippen LogP contribution >= 0.6 is 0 Å². The molecule has 1 aliphatic carbocycles. The first kappa shape index (κ1) is 12.5. The quantitative estimate of drug-likeness (QED) is 0.661. The largest absolute Gasteiger partial charge is 0.352 e. The molecule has 3 nitrogen and oxygen atoms in total. The second-order valence-electron chi connectivity index (χ2n) is 4.88. The monoisotopic (exact) mass is 212 g/mol. The molecule has 0 aromatic carbocycles. The molecule has 3 N–H and O–H groups in total. The van der Waals surface area contributed by atoms with Crippen molar-refractivity contribution in [3.8, 4) is 0 Å². The summed E-state index contributed by atoms with van der Waals surface area (Å²) in [5.41, 5.74) is 5.39. The Bertz CT molecular complexity index is 212. The van der Waals surface area contributed by atoms with Gasteiger partial charge in [0.15, 0.2) is 0 Å². The molecule has 1 fully saturated rings. The van der Waals surface area contributed by atoms with Crippen molar-refractivity contribution in [2.24, 2.45) is 5.73 Å². The number of nitrogens with one attached hydrogen (secondary N) is 1. The van der Waals surface area contributed by atoms with Crippen molar-refractivity contribution in [2.75, 3.05) is 0 Å². The Hall–Kier alpha value is -0.570. The molecule has 1 saturated carbocycles. The van der Waals surface area contributed by atoms with Gasteiger partial charge in [-0.05, 0) is 32.6 Å². The lowest BCUT2D eigenvalue weighted by Gasteiger charge is -2.37. The van der Waals surface area contributed by atoms with Crippen molar-refractivity contribution < 1.29 is 4.79 Å². The number of rotatable bonds is 6. The molecule has 0 spiro atoms. The molecule has 0 aliphatic heterocycles. The lowest BCUT2D eigenvalue weighted by molar-refractivity contribution is -0.129. The van der Waals surface area contributed by atoms with Gasteiger partial charge in [0, 0.05) is 6.04 Å². The van der Waals surface area contributed by atoms with Crippen LogP contribution < -0.4 is 11.1 Å². The van der Waals surface area contributed by atoms with E-state index in [1.807, 2.05) is 0 Å². The summed E-state index contributed by atoms with van der Waals surface area (Å²) in [6, 6.07) is 0.269. The van der Waals surface area contributed by atoms with E-state index in [2.05, 4.69) is 19.2 Å². The lowest BCUT2D eigenvalue weighted by atomic mass is 9.77. The average molecular weight is 212 g/mol. The topological polar surface area (TPSA) is 55.1 Å². The number of amides is 1. The summed E-state index contributed by atoms with van der Waals surface area (Å²) in [4.78, 5) is 11.8. The minimum Gasteiger partial charge on any atom is -0.352 e. The van der Waals surface area contributed by atoms with Crippen LogP contribution in [0.1, 0.15) is 58.8 Å². The molecule has 3 heteroatoms. The highest BCUT2D eigenvalue weighted by Gasteiger charge is 2.40. The Morgan fingerprint density at radius 3 is 2.60 bits per heavy atom. The number of unbranched alkanes of at least 4 members (excludes halogenated alkanes) is 2. The third-order valence-electron chi connectivity index (χ3n) is 3.32. The van der Waals surface area contributed by atoms with Gasteiger partial charge in [-0.15, -0.1) is 0 Å². The van der Waals surface area contributed by atoms with Crippen LogP contribution in [0.25, 0.3) is 0 Å². The van der Waals surface area contributed by atoms with Crippen LogP contribution in [0.5, 0.6) is 0 Å². The molecule has 1 unspecified atom stereocenters. The van der Waals surface area contributed by atoms with Crippen LogP contribution in [0.2, 0.25) is 0 Å². The highest BCUT2D eigenvalue weighted by molar-refractivity contribution is 5.87. The molecule has 1 rings (SSSR count). The van der Waals surface area contributed by atoms with Gasteiger partial charge in [0.25, 0.3) is 0 Å². The van der Waals surface area contributed by atoms with Crippen molar-refractivity contribution in [3.63, 3.8) is 0 Å². The number of hydrogen-bond acceptors (Lipinski definition) is 2. The fraction of sp³-hybridized carbons (Fsp3) is 0.917. The third kappa shape index (κ3) is 3.49. The zero-order valence-electron chi connectivity index (χ0n) is 10.0. The maximum atomic E-state index is 11.8. The SMILES string of the molecule is CCCCCC(C)NC(=O)C1(N)CCC1. The predicted octanol–water partition coefficient (Wildman–Crippen LogP) is 1.95. The van der Waals surface area contributed by atoms with Gasteiger partial charge < -0.3 is 11.1 Å². The highest BCUT2D eigenvalue weighted by Crippen LogP contribution is 2.29. The Morgan fingerprint density at radius 1 is 1.47 bits per heavy atom. The normalized spacial score (nSPS) is 20.5. The molecule has 1 atom stereocenters. The van der Waals surface area contributed by atoms with Gasteiger partial charge in [0.1, 0.15) is 0 Å². The Morgan fingerprint density at radius 2 is 2.13 bits per heavy atom. The van der Waals surface area contributed by atoms with Gasteiger partial charge in [-0.2, -0.15) is 0 Å². The predicted molar refractivity (Wildman–Crippen MR) is 62.5 cm³/mol. The Labute approximate surface area is 92.8 Å². The van der Waals surface area contributed by atoms with Crippen molar-refractivity contribution in [1.82, 2.24) is 5.32 Å². The summed E-state index contributed by atoms with van der Waals surface area (Å²) in [6.45, 7) is 4.25. The van der Waals surface area contributed by atoms with Crippen LogP contribution in [0, 0.1) is 0 Å². The molecule has 0 radical (unpaired) electrons. The molecule has 0 saturated heterocycles. The van der Waals surface area contributed by atoms with Crippen LogP contribution in [-0.4, -0.2) is 17.5 Å². The van der Waals surface area contributed by atoms with E-state index in [0.29, 0.717) is 0 Å². The molecule has 15 heavy (non-hydrogen) atoms. The van der Waals surface area contributed by atoms with Crippen molar-refractivity contribution in [2.45, 2.75) is 70.4 Å². The van der Waals surface area contributed by atoms with Gasteiger partial charge >= 0.3 is 0 Å². The second kappa shape index (κ2) is 5.50. The molecular formula is C12H24N2O. The summed E-state index contributed by atoms with van der Waals surface area (Å²) < 4.78 is 0. The van der Waals surface area contributed by atoms with Crippen molar-refractivity contribution in [3.05, 3.63) is 0 Å². The number of carbonyl (C=O) groups excluding carboxylic acids is 1. The summed E-state index contributed by atoms with van der Waals surface area (Å²) in [6.07, 6.45) is 7.51. The van der Waals surface area contributed by atoms with Gasteiger partial charge in [0.2, 0.25) is 5.91 Å². The van der Waals surface area contributed by atoms with E-state index in [1.54, 1.807) is 0 Å². The minimum absolute atomic E-state index is 0.0535. The van der Waals surface area contributed by atoms with Crippen LogP contribution in [-0.2, 0) is 4.79 Å². The molecule has 0 aromatic rings. The fourth-order valence-electron chi connectivity index (χ4n) is 1.92. The maximum absolute atomic E-state index is 11.8. The first-order chi connectivity index (χ1) is 7.08. The van der Waals surface area contributed by atoms with E-state index < -0.39 is 5.54 Å². The van der Waals surface area contributed by atoms with Crippen molar-refractivity contribution in [1.29, 1.82) is 0 Å². The zero-order valence-corrected chi connectivity index (χ0v) is 10.0. The van der Waals surface area contributed by atoms with E-state index >= 15 is 0 Å². The van der Waals surface area contributed by atoms with Crippen LogP contribution in [0.4, 0.5) is 0 Å². The Kier molecular flexibility index (Phi) is 4.58. The van der Waals surface area contributed by atoms with E-state index in [4.69, 9.17) is 5.73 Å². The van der Waals surface area contributed by atoms with E-state index in [9.17, 15) is 4.79 Å². The van der Waals surface area contributed by atoms with Gasteiger partial charge in [-0.3, -0.25) is 4.79 Å². The molecule has 1 aliphatic rings. The van der Waals surface area contributed by atoms with E-state index in [1.165, 1.54) is 19.3 Å². The smallest absolute Gasteiger partial charge is 0.240 e. The van der Waals surface area contributed by atoms with Gasteiger partial charge in [-0.25, -0.2) is 0 Å². The third-order valence-corrected chi connectivity index (χ3v) is 3.32. The highest BCUT2D eigenvalue weighted by atomic mass is 16.2. The molecule has 0 bridgehead atoms. The second-order valence-corrected chi connectivity index (χ2v) is 4.88. The van der Waals surface area contributed by atoms with E-state index in [0.717, 1.165) is 25.7 Å². The average Bonchev–Trinajstić information content (AvgIpc) is 2.14. The van der Waals surface area contributed by atoms with Crippen molar-refractivity contribution >= 4 is 5.91 Å².